The Morgan fingerprint density at radius 1 is 1.43 bits per heavy atom. The number of allylic oxidation sites excluding steroid dienone is 1. The van der Waals surface area contributed by atoms with E-state index in [0.717, 1.165) is 12.8 Å². The Hall–Kier alpha value is -0.860. The second-order valence-corrected chi connectivity index (χ2v) is 4.12. The van der Waals surface area contributed by atoms with Gasteiger partial charge in [-0.1, -0.05) is 32.8 Å². The van der Waals surface area contributed by atoms with Gasteiger partial charge >= 0.3 is 0 Å². The molecule has 0 fully saturated rings. The lowest BCUT2D eigenvalue weighted by atomic mass is 9.81. The van der Waals surface area contributed by atoms with Crippen molar-refractivity contribution in [2.45, 2.75) is 46.0 Å². The topological polar surface area (TPSA) is 43.1 Å². The third kappa shape index (κ3) is 5.73. The van der Waals surface area contributed by atoms with Gasteiger partial charge in [0.2, 0.25) is 6.54 Å². The van der Waals surface area contributed by atoms with Crippen molar-refractivity contribution in [1.82, 2.24) is 0 Å². The Bertz CT molecular complexity index is 192. The molecule has 0 N–H and O–H groups in total. The quantitative estimate of drug-likeness (QED) is 0.341. The van der Waals surface area contributed by atoms with E-state index in [2.05, 4.69) is 20.4 Å². The van der Waals surface area contributed by atoms with Crippen molar-refractivity contribution in [3.05, 3.63) is 22.8 Å². The number of nitro groups is 1. The lowest BCUT2D eigenvalue weighted by molar-refractivity contribution is -0.480. The molecule has 0 aliphatic carbocycles. The van der Waals surface area contributed by atoms with E-state index in [1.807, 2.05) is 6.08 Å². The van der Waals surface area contributed by atoms with Gasteiger partial charge in [0.1, 0.15) is 0 Å². The third-order valence-corrected chi connectivity index (χ3v) is 2.68. The molecule has 14 heavy (non-hydrogen) atoms. The lowest BCUT2D eigenvalue weighted by Gasteiger charge is -2.24. The van der Waals surface area contributed by atoms with Gasteiger partial charge in [-0.2, -0.15) is 0 Å². The van der Waals surface area contributed by atoms with Crippen LogP contribution in [0.3, 0.4) is 0 Å². The Morgan fingerprint density at radius 2 is 2.00 bits per heavy atom. The molecular formula is C11H21NO2. The van der Waals surface area contributed by atoms with E-state index < -0.39 is 0 Å². The van der Waals surface area contributed by atoms with Gasteiger partial charge in [-0.3, -0.25) is 10.1 Å². The summed E-state index contributed by atoms with van der Waals surface area (Å²) in [5.41, 5.74) is 0.0893. The fourth-order valence-electron chi connectivity index (χ4n) is 1.52. The van der Waals surface area contributed by atoms with Gasteiger partial charge in [-0.25, -0.2) is 0 Å². The van der Waals surface area contributed by atoms with Crippen LogP contribution in [0.2, 0.25) is 0 Å². The maximum absolute atomic E-state index is 10.2. The van der Waals surface area contributed by atoms with E-state index in [1.54, 1.807) is 0 Å². The van der Waals surface area contributed by atoms with Gasteiger partial charge in [0.15, 0.2) is 0 Å². The van der Waals surface area contributed by atoms with Gasteiger partial charge in [0.25, 0.3) is 0 Å². The molecule has 0 heterocycles. The van der Waals surface area contributed by atoms with Crippen LogP contribution in [0, 0.1) is 15.5 Å². The van der Waals surface area contributed by atoms with E-state index in [4.69, 9.17) is 0 Å². The van der Waals surface area contributed by atoms with Gasteiger partial charge < -0.3 is 0 Å². The van der Waals surface area contributed by atoms with Gasteiger partial charge in [-0.15, -0.1) is 6.58 Å². The van der Waals surface area contributed by atoms with Crippen molar-refractivity contribution < 1.29 is 4.92 Å². The summed E-state index contributed by atoms with van der Waals surface area (Å²) in [6, 6.07) is 0. The first-order chi connectivity index (χ1) is 6.54. The predicted octanol–water partition coefficient (Wildman–Crippen LogP) is 3.43. The normalized spacial score (nSPS) is 14.7. The Morgan fingerprint density at radius 3 is 2.43 bits per heavy atom. The maximum atomic E-state index is 10.2. The molecule has 1 unspecified atom stereocenters. The van der Waals surface area contributed by atoms with Gasteiger partial charge in [0, 0.05) is 11.3 Å². The van der Waals surface area contributed by atoms with Crippen molar-refractivity contribution in [2.24, 2.45) is 5.41 Å². The first-order valence-electron chi connectivity index (χ1n) is 5.29. The van der Waals surface area contributed by atoms with Gasteiger partial charge in [0.05, 0.1) is 0 Å². The molecule has 0 aromatic rings. The molecule has 0 bridgehead atoms. The Labute approximate surface area is 86.4 Å². The highest BCUT2D eigenvalue weighted by Gasteiger charge is 2.19. The van der Waals surface area contributed by atoms with E-state index in [9.17, 15) is 10.1 Å². The molecule has 3 nitrogen and oxygen atoms in total. The van der Waals surface area contributed by atoms with Crippen molar-refractivity contribution in [1.29, 1.82) is 0 Å². The van der Waals surface area contributed by atoms with Gasteiger partial charge in [-0.05, 0) is 18.3 Å². The van der Waals surface area contributed by atoms with Crippen LogP contribution in [-0.4, -0.2) is 11.5 Å². The molecule has 0 aromatic carbocycles. The summed E-state index contributed by atoms with van der Waals surface area (Å²) >= 11 is 0. The molecule has 0 spiro atoms. The van der Waals surface area contributed by atoms with Crippen molar-refractivity contribution >= 4 is 0 Å². The first kappa shape index (κ1) is 13.1. The summed E-state index contributed by atoms with van der Waals surface area (Å²) in [4.78, 5) is 9.92. The third-order valence-electron chi connectivity index (χ3n) is 2.68. The fourth-order valence-corrected chi connectivity index (χ4v) is 1.52. The van der Waals surface area contributed by atoms with Crippen molar-refractivity contribution in [2.75, 3.05) is 6.54 Å². The van der Waals surface area contributed by atoms with E-state index in [1.165, 1.54) is 12.8 Å². The molecule has 0 saturated carbocycles. The minimum atomic E-state index is -0.247. The van der Waals surface area contributed by atoms with Crippen LogP contribution < -0.4 is 0 Å². The number of nitrogens with zero attached hydrogens (tertiary/aromatic N) is 1. The average molecular weight is 199 g/mol. The summed E-state index contributed by atoms with van der Waals surface area (Å²) in [7, 11) is 0. The smallest absolute Gasteiger partial charge is 0.203 e. The summed E-state index contributed by atoms with van der Waals surface area (Å²) in [5.74, 6) is 0. The highest BCUT2D eigenvalue weighted by molar-refractivity contribution is 4.90. The summed E-state index contributed by atoms with van der Waals surface area (Å²) < 4.78 is 0. The van der Waals surface area contributed by atoms with Crippen molar-refractivity contribution in [3.63, 3.8) is 0 Å². The zero-order chi connectivity index (χ0) is 11.0. The Kier molecular flexibility index (Phi) is 6.17. The van der Waals surface area contributed by atoms with E-state index >= 15 is 0 Å². The number of rotatable bonds is 8. The minimum Gasteiger partial charge on any atom is -0.265 e. The monoisotopic (exact) mass is 199 g/mol. The van der Waals surface area contributed by atoms with Crippen LogP contribution in [-0.2, 0) is 0 Å². The molecule has 0 saturated heterocycles. The van der Waals surface area contributed by atoms with Crippen LogP contribution in [0.1, 0.15) is 46.0 Å². The first-order valence-corrected chi connectivity index (χ1v) is 5.29. The summed E-state index contributed by atoms with van der Waals surface area (Å²) in [6.45, 7) is 8.18. The number of hydrogen-bond acceptors (Lipinski definition) is 2. The molecule has 0 aromatic heterocycles. The molecule has 0 aliphatic heterocycles. The largest absolute Gasteiger partial charge is 0.265 e. The van der Waals surface area contributed by atoms with Crippen LogP contribution in [0.25, 0.3) is 0 Å². The predicted molar refractivity (Wildman–Crippen MR) is 58.9 cm³/mol. The zero-order valence-electron chi connectivity index (χ0n) is 9.29. The molecular weight excluding hydrogens is 178 g/mol. The standard InChI is InChI=1S/C11H21NO2/c1-4-6-8-11(3,5-2)9-7-10-12(13)14/h5H,2,4,6-10H2,1,3H3. The maximum Gasteiger partial charge on any atom is 0.203 e. The highest BCUT2D eigenvalue weighted by atomic mass is 16.6. The SMILES string of the molecule is C=CC(C)(CCCC)CCC[N+](=O)[O-]. The highest BCUT2D eigenvalue weighted by Crippen LogP contribution is 2.30. The van der Waals surface area contributed by atoms with E-state index in [0.29, 0.717) is 6.42 Å². The number of hydrogen-bond donors (Lipinski definition) is 0. The minimum absolute atomic E-state index is 0.0789. The van der Waals surface area contributed by atoms with Crippen LogP contribution in [0.4, 0.5) is 0 Å². The van der Waals surface area contributed by atoms with Crippen LogP contribution >= 0.6 is 0 Å². The average Bonchev–Trinajstić information content (AvgIpc) is 2.14. The lowest BCUT2D eigenvalue weighted by Crippen LogP contribution is -2.14. The van der Waals surface area contributed by atoms with Crippen LogP contribution in [0.5, 0.6) is 0 Å². The van der Waals surface area contributed by atoms with E-state index in [-0.39, 0.29) is 16.9 Å². The number of unbranched alkanes of at least 4 members (excludes halogenated alkanes) is 1. The van der Waals surface area contributed by atoms with Crippen LogP contribution in [0.15, 0.2) is 12.7 Å². The molecule has 0 rings (SSSR count). The molecule has 0 amide bonds. The molecule has 0 aliphatic rings. The van der Waals surface area contributed by atoms with Crippen molar-refractivity contribution in [3.8, 4) is 0 Å². The fraction of sp³-hybridized carbons (Fsp3) is 0.818. The summed E-state index contributed by atoms with van der Waals surface area (Å²) in [5, 5.41) is 10.2. The zero-order valence-corrected chi connectivity index (χ0v) is 9.29. The second-order valence-electron chi connectivity index (χ2n) is 4.12. The molecule has 82 valence electrons. The second kappa shape index (κ2) is 6.57. The molecule has 0 radical (unpaired) electrons. The summed E-state index contributed by atoms with van der Waals surface area (Å²) in [6.07, 6.45) is 6.89. The Balaban J connectivity index is 3.85. The molecule has 1 atom stereocenters. The molecule has 3 heteroatoms.